The van der Waals surface area contributed by atoms with Gasteiger partial charge in [0.05, 0.1) is 5.52 Å². The molecule has 5 nitrogen and oxygen atoms in total. The molecule has 2 N–H and O–H groups in total. The van der Waals surface area contributed by atoms with Crippen molar-refractivity contribution in [3.05, 3.63) is 30.0 Å². The number of amides is 1. The summed E-state index contributed by atoms with van der Waals surface area (Å²) in [7, 11) is 0. The fourth-order valence-corrected chi connectivity index (χ4v) is 6.58. The first-order valence-corrected chi connectivity index (χ1v) is 11.0. The van der Waals surface area contributed by atoms with Crippen LogP contribution < -0.4 is 5.32 Å². The van der Waals surface area contributed by atoms with Gasteiger partial charge in [0.25, 0.3) is 5.91 Å². The van der Waals surface area contributed by atoms with Crippen LogP contribution in [0.3, 0.4) is 0 Å². The number of aromatic nitrogens is 2. The monoisotopic (exact) mass is 381 g/mol. The Morgan fingerprint density at radius 3 is 2.43 bits per heavy atom. The Balaban J connectivity index is 1.37. The predicted octanol–water partition coefficient (Wildman–Crippen LogP) is 3.90. The molecule has 1 amide bonds. The van der Waals surface area contributed by atoms with Crippen LogP contribution in [0.4, 0.5) is 0 Å². The molecular formula is C23H31N3O2. The predicted molar refractivity (Wildman–Crippen MR) is 109 cm³/mol. The quantitative estimate of drug-likeness (QED) is 0.715. The van der Waals surface area contributed by atoms with Crippen molar-refractivity contribution in [2.45, 2.75) is 69.9 Å². The topological polar surface area (TPSA) is 67.2 Å². The summed E-state index contributed by atoms with van der Waals surface area (Å²) in [5, 5.41) is 18.1. The Morgan fingerprint density at radius 1 is 1.07 bits per heavy atom. The number of para-hydroxylation sites is 1. The van der Waals surface area contributed by atoms with Gasteiger partial charge in [0.1, 0.15) is 0 Å². The number of fused-ring (bicyclic) bond motifs is 1. The molecule has 0 unspecified atom stereocenters. The summed E-state index contributed by atoms with van der Waals surface area (Å²) in [4.78, 5) is 13.3. The first-order chi connectivity index (χ1) is 13.7. The normalized spacial score (nSPS) is 30.8. The minimum absolute atomic E-state index is 0.00672. The zero-order valence-corrected chi connectivity index (χ0v) is 16.6. The molecule has 0 atom stereocenters. The third-order valence-corrected chi connectivity index (χ3v) is 7.32. The number of benzene rings is 1. The molecule has 2 aromatic rings. The molecule has 1 aromatic carbocycles. The van der Waals surface area contributed by atoms with Gasteiger partial charge >= 0.3 is 0 Å². The summed E-state index contributed by atoms with van der Waals surface area (Å²) in [5.74, 6) is 2.44. The van der Waals surface area contributed by atoms with Crippen molar-refractivity contribution in [1.29, 1.82) is 0 Å². The van der Waals surface area contributed by atoms with Gasteiger partial charge in [-0.3, -0.25) is 9.48 Å². The van der Waals surface area contributed by atoms with E-state index < -0.39 is 0 Å². The number of nitrogens with zero attached hydrogens (tertiary/aromatic N) is 2. The number of hydrogen-bond donors (Lipinski definition) is 2. The van der Waals surface area contributed by atoms with E-state index in [2.05, 4.69) is 11.4 Å². The number of carbonyl (C=O) groups excluding carboxylic acids is 1. The zero-order valence-electron chi connectivity index (χ0n) is 16.6. The van der Waals surface area contributed by atoms with Gasteiger partial charge in [-0.1, -0.05) is 18.2 Å². The van der Waals surface area contributed by atoms with Crippen LogP contribution in [-0.2, 0) is 6.54 Å². The number of hydrogen-bond acceptors (Lipinski definition) is 3. The second-order valence-electron chi connectivity index (χ2n) is 9.53. The average Bonchev–Trinajstić information content (AvgIpc) is 3.03. The van der Waals surface area contributed by atoms with Crippen molar-refractivity contribution in [3.8, 4) is 0 Å². The van der Waals surface area contributed by atoms with E-state index in [0.717, 1.165) is 73.7 Å². The largest absolute Gasteiger partial charge is 0.396 e. The molecule has 4 bridgehead atoms. The highest BCUT2D eigenvalue weighted by molar-refractivity contribution is 6.05. The number of rotatable bonds is 7. The molecule has 4 fully saturated rings. The van der Waals surface area contributed by atoms with E-state index in [-0.39, 0.29) is 18.1 Å². The molecule has 1 heterocycles. The molecule has 5 heteroatoms. The van der Waals surface area contributed by atoms with E-state index in [1.165, 1.54) is 19.3 Å². The standard InChI is InChI=1S/C23H31N3O2/c27-9-5-1-4-8-26-20-7-3-2-6-19(20)21(25-26)22(28)24-23-13-16-10-17(14-23)12-18(11-16)15-23/h2-3,6-7,16-18,27H,1,4-5,8-15H2,(H,24,28). The Kier molecular flexibility index (Phi) is 4.66. The van der Waals surface area contributed by atoms with E-state index in [1.54, 1.807) is 0 Å². The molecule has 150 valence electrons. The summed E-state index contributed by atoms with van der Waals surface area (Å²) >= 11 is 0. The van der Waals surface area contributed by atoms with Crippen LogP contribution in [0.2, 0.25) is 0 Å². The van der Waals surface area contributed by atoms with E-state index in [9.17, 15) is 4.79 Å². The lowest BCUT2D eigenvalue weighted by Gasteiger charge is -2.56. The first kappa shape index (κ1) is 18.2. The zero-order chi connectivity index (χ0) is 19.1. The highest BCUT2D eigenvalue weighted by Crippen LogP contribution is 2.55. The van der Waals surface area contributed by atoms with E-state index in [4.69, 9.17) is 10.2 Å². The lowest BCUT2D eigenvalue weighted by atomic mass is 9.53. The highest BCUT2D eigenvalue weighted by atomic mass is 16.2. The van der Waals surface area contributed by atoms with Crippen molar-refractivity contribution < 1.29 is 9.90 Å². The van der Waals surface area contributed by atoms with Crippen LogP contribution in [-0.4, -0.2) is 32.9 Å². The van der Waals surface area contributed by atoms with Crippen molar-refractivity contribution in [2.24, 2.45) is 17.8 Å². The molecule has 4 aliphatic rings. The van der Waals surface area contributed by atoms with Crippen molar-refractivity contribution in [3.63, 3.8) is 0 Å². The van der Waals surface area contributed by atoms with Crippen molar-refractivity contribution in [1.82, 2.24) is 15.1 Å². The van der Waals surface area contributed by atoms with Gasteiger partial charge in [0.2, 0.25) is 0 Å². The fraction of sp³-hybridized carbons (Fsp3) is 0.652. The maximum absolute atomic E-state index is 13.3. The molecule has 4 aliphatic carbocycles. The lowest BCUT2D eigenvalue weighted by Crippen LogP contribution is -2.59. The van der Waals surface area contributed by atoms with Gasteiger partial charge in [0, 0.05) is 24.1 Å². The van der Waals surface area contributed by atoms with Crippen LogP contribution in [0.15, 0.2) is 24.3 Å². The minimum Gasteiger partial charge on any atom is -0.396 e. The fourth-order valence-electron chi connectivity index (χ4n) is 6.58. The summed E-state index contributed by atoms with van der Waals surface area (Å²) in [5.41, 5.74) is 1.62. The number of unbranched alkanes of at least 4 members (excludes halogenated alkanes) is 2. The second-order valence-corrected chi connectivity index (χ2v) is 9.53. The molecule has 0 radical (unpaired) electrons. The molecule has 4 saturated carbocycles. The Morgan fingerprint density at radius 2 is 1.75 bits per heavy atom. The number of aliphatic hydroxyl groups is 1. The third-order valence-electron chi connectivity index (χ3n) is 7.32. The van der Waals surface area contributed by atoms with E-state index in [1.807, 2.05) is 22.9 Å². The van der Waals surface area contributed by atoms with Crippen LogP contribution in [0, 0.1) is 17.8 Å². The summed E-state index contributed by atoms with van der Waals surface area (Å²) < 4.78 is 1.97. The van der Waals surface area contributed by atoms with Gasteiger partial charge < -0.3 is 10.4 Å². The molecular weight excluding hydrogens is 350 g/mol. The molecule has 28 heavy (non-hydrogen) atoms. The summed E-state index contributed by atoms with van der Waals surface area (Å²) in [6.45, 7) is 1.02. The first-order valence-electron chi connectivity index (χ1n) is 11.0. The summed E-state index contributed by atoms with van der Waals surface area (Å²) in [6.07, 6.45) is 10.3. The molecule has 1 aromatic heterocycles. The Labute approximate surface area is 166 Å². The molecule has 0 spiro atoms. The van der Waals surface area contributed by atoms with Gasteiger partial charge in [0.15, 0.2) is 5.69 Å². The Bertz CT molecular complexity index is 837. The van der Waals surface area contributed by atoms with Gasteiger partial charge in [-0.2, -0.15) is 5.10 Å². The smallest absolute Gasteiger partial charge is 0.272 e. The van der Waals surface area contributed by atoms with Gasteiger partial charge in [-0.15, -0.1) is 0 Å². The van der Waals surface area contributed by atoms with Crippen LogP contribution >= 0.6 is 0 Å². The maximum Gasteiger partial charge on any atom is 0.272 e. The number of nitrogens with one attached hydrogen (secondary N) is 1. The number of carbonyl (C=O) groups is 1. The number of aliphatic hydroxyl groups excluding tert-OH is 1. The molecule has 0 saturated heterocycles. The Hall–Kier alpha value is -1.88. The van der Waals surface area contributed by atoms with E-state index in [0.29, 0.717) is 5.69 Å². The van der Waals surface area contributed by atoms with Gasteiger partial charge in [-0.25, -0.2) is 0 Å². The minimum atomic E-state index is 0.00672. The van der Waals surface area contributed by atoms with Crippen LogP contribution in [0.25, 0.3) is 10.9 Å². The van der Waals surface area contributed by atoms with Gasteiger partial charge in [-0.05, 0) is 81.6 Å². The van der Waals surface area contributed by atoms with Crippen molar-refractivity contribution in [2.75, 3.05) is 6.61 Å². The SMILES string of the molecule is O=C(NC12CC3CC(CC(C3)C1)C2)c1nn(CCCCCO)c2ccccc12. The molecule has 0 aliphatic heterocycles. The maximum atomic E-state index is 13.3. The number of aryl methyl sites for hydroxylation is 1. The van der Waals surface area contributed by atoms with Crippen LogP contribution in [0.5, 0.6) is 0 Å². The average molecular weight is 382 g/mol. The summed E-state index contributed by atoms with van der Waals surface area (Å²) in [6, 6.07) is 8.06. The van der Waals surface area contributed by atoms with Crippen LogP contribution in [0.1, 0.15) is 68.3 Å². The second kappa shape index (κ2) is 7.18. The lowest BCUT2D eigenvalue weighted by molar-refractivity contribution is -0.0167. The van der Waals surface area contributed by atoms with Crippen molar-refractivity contribution >= 4 is 16.8 Å². The third kappa shape index (κ3) is 3.24. The highest BCUT2D eigenvalue weighted by Gasteiger charge is 2.51. The van der Waals surface area contributed by atoms with E-state index >= 15 is 0 Å². The molecule has 6 rings (SSSR count).